The van der Waals surface area contributed by atoms with Gasteiger partial charge >= 0.3 is 0 Å². The highest BCUT2D eigenvalue weighted by molar-refractivity contribution is 7.99. The molecule has 1 saturated carbocycles. The van der Waals surface area contributed by atoms with Gasteiger partial charge in [0, 0.05) is 23.2 Å². The fourth-order valence-electron chi connectivity index (χ4n) is 4.14. The lowest BCUT2D eigenvalue weighted by Gasteiger charge is -2.26. The second-order valence-electron chi connectivity index (χ2n) is 7.90. The molecule has 1 N–H and O–H groups in total. The van der Waals surface area contributed by atoms with E-state index < -0.39 is 0 Å². The molecule has 1 aromatic heterocycles. The van der Waals surface area contributed by atoms with E-state index in [2.05, 4.69) is 5.32 Å². The van der Waals surface area contributed by atoms with Gasteiger partial charge in [-0.1, -0.05) is 60.8 Å². The smallest absolute Gasteiger partial charge is 0.262 e. The standard InChI is InChI=1S/C24H26ClN3O3S/c1-31-21-10-6-5-7-16(21)14-26-22(29)15-32-24-27-20-13-17(25)11-12-19(20)23(30)28(24)18-8-3-2-4-9-18/h5-7,10-13,18H,2-4,8-9,14-15H2,1H3,(H,26,29). The number of amides is 1. The number of halogens is 1. The maximum absolute atomic E-state index is 13.3. The third kappa shape index (κ3) is 5.10. The van der Waals surface area contributed by atoms with Gasteiger partial charge in [0.2, 0.25) is 5.91 Å². The molecule has 1 heterocycles. The van der Waals surface area contributed by atoms with Crippen molar-refractivity contribution in [2.45, 2.75) is 49.8 Å². The maximum Gasteiger partial charge on any atom is 0.262 e. The summed E-state index contributed by atoms with van der Waals surface area (Å²) in [4.78, 5) is 30.6. The number of carbonyl (C=O) groups is 1. The van der Waals surface area contributed by atoms with Gasteiger partial charge in [-0.25, -0.2) is 4.98 Å². The molecule has 0 bridgehead atoms. The molecule has 0 saturated heterocycles. The van der Waals surface area contributed by atoms with Crippen molar-refractivity contribution in [2.75, 3.05) is 12.9 Å². The monoisotopic (exact) mass is 471 g/mol. The van der Waals surface area contributed by atoms with Gasteiger partial charge in [-0.2, -0.15) is 0 Å². The van der Waals surface area contributed by atoms with Crippen LogP contribution in [0.25, 0.3) is 10.9 Å². The molecule has 3 aromatic rings. The number of nitrogens with one attached hydrogen (secondary N) is 1. The van der Waals surface area contributed by atoms with Gasteiger partial charge in [0.05, 0.1) is 23.8 Å². The zero-order chi connectivity index (χ0) is 22.5. The molecule has 1 amide bonds. The zero-order valence-electron chi connectivity index (χ0n) is 18.0. The van der Waals surface area contributed by atoms with Crippen molar-refractivity contribution >= 4 is 40.2 Å². The molecule has 4 rings (SSSR count). The predicted molar refractivity (Wildman–Crippen MR) is 129 cm³/mol. The van der Waals surface area contributed by atoms with Crippen molar-refractivity contribution < 1.29 is 9.53 Å². The van der Waals surface area contributed by atoms with Crippen molar-refractivity contribution in [2.24, 2.45) is 0 Å². The van der Waals surface area contributed by atoms with Gasteiger partial charge in [-0.3, -0.25) is 14.2 Å². The Hall–Kier alpha value is -2.51. The molecule has 168 valence electrons. The first kappa shape index (κ1) is 22.7. The molecular weight excluding hydrogens is 446 g/mol. The highest BCUT2D eigenvalue weighted by Crippen LogP contribution is 2.31. The predicted octanol–water partition coefficient (Wildman–Crippen LogP) is 4.97. The topological polar surface area (TPSA) is 73.2 Å². The highest BCUT2D eigenvalue weighted by atomic mass is 35.5. The zero-order valence-corrected chi connectivity index (χ0v) is 19.5. The number of ether oxygens (including phenoxy) is 1. The fraction of sp³-hybridized carbons (Fsp3) is 0.375. The lowest BCUT2D eigenvalue weighted by atomic mass is 9.95. The number of aromatic nitrogens is 2. The minimum Gasteiger partial charge on any atom is -0.496 e. The average Bonchev–Trinajstić information content (AvgIpc) is 2.82. The van der Waals surface area contributed by atoms with E-state index >= 15 is 0 Å². The summed E-state index contributed by atoms with van der Waals surface area (Å²) in [6.07, 6.45) is 5.29. The van der Waals surface area contributed by atoms with Crippen molar-refractivity contribution in [1.29, 1.82) is 0 Å². The van der Waals surface area contributed by atoms with Crippen molar-refractivity contribution in [1.82, 2.24) is 14.9 Å². The summed E-state index contributed by atoms with van der Waals surface area (Å²) >= 11 is 7.43. The lowest BCUT2D eigenvalue weighted by Crippen LogP contribution is -2.30. The van der Waals surface area contributed by atoms with E-state index in [1.54, 1.807) is 29.9 Å². The molecule has 0 radical (unpaired) electrons. The maximum atomic E-state index is 13.3. The summed E-state index contributed by atoms with van der Waals surface area (Å²) in [5.41, 5.74) is 1.41. The van der Waals surface area contributed by atoms with Gasteiger partial charge in [0.1, 0.15) is 5.75 Å². The van der Waals surface area contributed by atoms with Crippen LogP contribution in [-0.2, 0) is 11.3 Å². The van der Waals surface area contributed by atoms with E-state index in [0.717, 1.165) is 37.0 Å². The van der Waals surface area contributed by atoms with E-state index in [0.29, 0.717) is 27.6 Å². The Morgan fingerprint density at radius 2 is 2.00 bits per heavy atom. The molecule has 1 aliphatic carbocycles. The average molecular weight is 472 g/mol. The Bertz CT molecular complexity index is 1170. The Balaban J connectivity index is 1.54. The van der Waals surface area contributed by atoms with Crippen molar-refractivity contribution in [3.8, 4) is 5.75 Å². The normalized spacial score (nSPS) is 14.4. The fourth-order valence-corrected chi connectivity index (χ4v) is 5.20. The molecule has 1 fully saturated rings. The third-order valence-corrected chi connectivity index (χ3v) is 6.96. The molecule has 0 spiro atoms. The Morgan fingerprint density at radius 1 is 1.22 bits per heavy atom. The number of methoxy groups -OCH3 is 1. The van der Waals surface area contributed by atoms with Gasteiger partial charge in [0.15, 0.2) is 5.16 Å². The van der Waals surface area contributed by atoms with Crippen LogP contribution < -0.4 is 15.6 Å². The molecule has 0 aliphatic heterocycles. The molecule has 0 unspecified atom stereocenters. The van der Waals surface area contributed by atoms with E-state index in [4.69, 9.17) is 21.3 Å². The van der Waals surface area contributed by atoms with Gasteiger partial charge in [-0.15, -0.1) is 0 Å². The lowest BCUT2D eigenvalue weighted by molar-refractivity contribution is -0.118. The van der Waals surface area contributed by atoms with E-state index in [1.807, 2.05) is 24.3 Å². The first-order valence-electron chi connectivity index (χ1n) is 10.8. The molecule has 0 atom stereocenters. The molecule has 1 aliphatic rings. The number of thioether (sulfide) groups is 1. The van der Waals surface area contributed by atoms with Crippen LogP contribution in [0.4, 0.5) is 0 Å². The molecule has 8 heteroatoms. The molecule has 32 heavy (non-hydrogen) atoms. The molecule has 6 nitrogen and oxygen atoms in total. The number of nitrogens with zero attached hydrogens (tertiary/aromatic N) is 2. The van der Waals surface area contributed by atoms with Crippen LogP contribution in [0.15, 0.2) is 52.4 Å². The summed E-state index contributed by atoms with van der Waals surface area (Å²) < 4.78 is 7.14. The van der Waals surface area contributed by atoms with Crippen LogP contribution >= 0.6 is 23.4 Å². The van der Waals surface area contributed by atoms with Gasteiger partial charge in [-0.05, 0) is 37.1 Å². The second-order valence-corrected chi connectivity index (χ2v) is 9.28. The highest BCUT2D eigenvalue weighted by Gasteiger charge is 2.22. The summed E-state index contributed by atoms with van der Waals surface area (Å²) in [7, 11) is 1.61. The number of benzene rings is 2. The first-order valence-corrected chi connectivity index (χ1v) is 12.2. The number of hydrogen-bond acceptors (Lipinski definition) is 5. The van der Waals surface area contributed by atoms with E-state index in [1.165, 1.54) is 18.2 Å². The number of rotatable bonds is 7. The number of carbonyl (C=O) groups excluding carboxylic acids is 1. The number of hydrogen-bond donors (Lipinski definition) is 1. The minimum absolute atomic E-state index is 0.0597. The Labute approximate surface area is 196 Å². The SMILES string of the molecule is COc1ccccc1CNC(=O)CSc1nc2cc(Cl)ccc2c(=O)n1C1CCCCC1. The quantitative estimate of drug-likeness (QED) is 0.389. The van der Waals surface area contributed by atoms with Crippen LogP contribution in [0, 0.1) is 0 Å². The summed E-state index contributed by atoms with van der Waals surface area (Å²) in [5.74, 6) is 0.775. The first-order chi connectivity index (χ1) is 15.6. The number of para-hydroxylation sites is 1. The minimum atomic E-state index is -0.128. The van der Waals surface area contributed by atoms with Gasteiger partial charge < -0.3 is 10.1 Å². The van der Waals surface area contributed by atoms with Crippen molar-refractivity contribution in [3.63, 3.8) is 0 Å². The van der Waals surface area contributed by atoms with Crippen LogP contribution in [0.1, 0.15) is 43.7 Å². The Morgan fingerprint density at radius 3 is 2.78 bits per heavy atom. The van der Waals surface area contributed by atoms with Crippen LogP contribution in [-0.4, -0.2) is 28.3 Å². The van der Waals surface area contributed by atoms with Crippen LogP contribution in [0.2, 0.25) is 5.02 Å². The van der Waals surface area contributed by atoms with Crippen LogP contribution in [0.3, 0.4) is 0 Å². The van der Waals surface area contributed by atoms with E-state index in [-0.39, 0.29) is 23.3 Å². The largest absolute Gasteiger partial charge is 0.496 e. The summed E-state index contributed by atoms with van der Waals surface area (Å²) in [5, 5.41) is 4.59. The third-order valence-electron chi connectivity index (χ3n) is 5.77. The van der Waals surface area contributed by atoms with E-state index in [9.17, 15) is 9.59 Å². The van der Waals surface area contributed by atoms with Crippen molar-refractivity contribution in [3.05, 3.63) is 63.4 Å². The molecule has 2 aromatic carbocycles. The van der Waals surface area contributed by atoms with Crippen LogP contribution in [0.5, 0.6) is 5.75 Å². The van der Waals surface area contributed by atoms with Gasteiger partial charge in [0.25, 0.3) is 5.56 Å². The summed E-state index contributed by atoms with van der Waals surface area (Å²) in [6.45, 7) is 0.375. The second kappa shape index (κ2) is 10.4. The summed E-state index contributed by atoms with van der Waals surface area (Å²) in [6, 6.07) is 12.9. The Kier molecular flexibility index (Phi) is 7.37. The number of fused-ring (bicyclic) bond motifs is 1. The molecular formula is C24H26ClN3O3S.